The molecule has 0 aromatic carbocycles. The van der Waals surface area contributed by atoms with Crippen molar-refractivity contribution in [2.24, 2.45) is 11.8 Å². The molecule has 2 atom stereocenters. The molecule has 0 bridgehead atoms. The molecule has 1 aliphatic rings. The summed E-state index contributed by atoms with van der Waals surface area (Å²) in [6.07, 6.45) is 8.59. The number of nitrogens with one attached hydrogen (secondary N) is 2. The van der Waals surface area contributed by atoms with E-state index in [1.807, 2.05) is 19.4 Å². The van der Waals surface area contributed by atoms with Gasteiger partial charge in [-0.2, -0.15) is 0 Å². The molecule has 3 N–H and O–H groups in total. The summed E-state index contributed by atoms with van der Waals surface area (Å²) >= 11 is 0. The van der Waals surface area contributed by atoms with E-state index in [1.165, 1.54) is 19.3 Å². The molecule has 2 unspecified atom stereocenters. The van der Waals surface area contributed by atoms with Crippen molar-refractivity contribution < 1.29 is 5.11 Å². The molecule has 1 fully saturated rings. The summed E-state index contributed by atoms with van der Waals surface area (Å²) in [7, 11) is 1.89. The second-order valence-corrected chi connectivity index (χ2v) is 5.08. The fraction of sp³-hybridized carbons (Fsp3) is 0.643. The van der Waals surface area contributed by atoms with Gasteiger partial charge in [-0.1, -0.05) is 12.8 Å². The van der Waals surface area contributed by atoms with Gasteiger partial charge in [0.25, 0.3) is 0 Å². The fourth-order valence-corrected chi connectivity index (χ4v) is 2.72. The second-order valence-electron chi connectivity index (χ2n) is 5.08. The highest BCUT2D eigenvalue weighted by Gasteiger charge is 2.23. The second kappa shape index (κ2) is 6.59. The van der Waals surface area contributed by atoms with Gasteiger partial charge in [0.1, 0.15) is 0 Å². The number of hydrogen-bond acceptors (Lipinski definition) is 4. The molecule has 4 nitrogen and oxygen atoms in total. The zero-order chi connectivity index (χ0) is 12.8. The number of anilines is 2. The van der Waals surface area contributed by atoms with E-state index in [4.69, 9.17) is 0 Å². The van der Waals surface area contributed by atoms with Gasteiger partial charge < -0.3 is 15.7 Å². The molecule has 18 heavy (non-hydrogen) atoms. The standard InChI is InChI=1S/C14H23N3O/c1-15-13-6-14(9-16-8-13)17-7-11-4-2-3-5-12(11)10-18/h6,8-9,11-12,15,17-18H,2-5,7,10H2,1H3. The van der Waals surface area contributed by atoms with E-state index in [0.717, 1.165) is 24.3 Å². The van der Waals surface area contributed by atoms with Crippen LogP contribution in [-0.4, -0.2) is 30.3 Å². The first-order valence-corrected chi connectivity index (χ1v) is 6.81. The SMILES string of the molecule is CNc1cncc(NCC2CCCCC2CO)c1. The maximum Gasteiger partial charge on any atom is 0.0547 e. The summed E-state index contributed by atoms with van der Waals surface area (Å²) in [5.41, 5.74) is 2.06. The Labute approximate surface area is 109 Å². The lowest BCUT2D eigenvalue weighted by Gasteiger charge is -2.30. The van der Waals surface area contributed by atoms with Gasteiger partial charge in [0.2, 0.25) is 0 Å². The minimum Gasteiger partial charge on any atom is -0.396 e. The predicted molar refractivity (Wildman–Crippen MR) is 74.8 cm³/mol. The van der Waals surface area contributed by atoms with Crippen LogP contribution in [0.3, 0.4) is 0 Å². The van der Waals surface area contributed by atoms with Crippen LogP contribution >= 0.6 is 0 Å². The average molecular weight is 249 g/mol. The van der Waals surface area contributed by atoms with E-state index in [2.05, 4.69) is 21.7 Å². The van der Waals surface area contributed by atoms with Gasteiger partial charge in [-0.3, -0.25) is 4.98 Å². The molecule has 0 aliphatic heterocycles. The fourth-order valence-electron chi connectivity index (χ4n) is 2.72. The van der Waals surface area contributed by atoms with Gasteiger partial charge in [-0.05, 0) is 30.7 Å². The molecule has 1 aromatic heterocycles. The molecular weight excluding hydrogens is 226 g/mol. The number of nitrogens with zero attached hydrogens (tertiary/aromatic N) is 1. The Bertz CT molecular complexity index is 370. The minimum absolute atomic E-state index is 0.321. The smallest absolute Gasteiger partial charge is 0.0547 e. The van der Waals surface area contributed by atoms with Crippen LogP contribution in [0.15, 0.2) is 18.5 Å². The third-order valence-electron chi connectivity index (χ3n) is 3.90. The number of aliphatic hydroxyl groups is 1. The topological polar surface area (TPSA) is 57.2 Å². The molecular formula is C14H23N3O. The third kappa shape index (κ3) is 3.35. The van der Waals surface area contributed by atoms with Crippen molar-refractivity contribution in [1.82, 2.24) is 4.98 Å². The van der Waals surface area contributed by atoms with Crippen molar-refractivity contribution >= 4 is 11.4 Å². The Kier molecular flexibility index (Phi) is 4.81. The molecule has 1 saturated carbocycles. The number of pyridine rings is 1. The van der Waals surface area contributed by atoms with Crippen LogP contribution in [0.25, 0.3) is 0 Å². The zero-order valence-corrected chi connectivity index (χ0v) is 11.0. The summed E-state index contributed by atoms with van der Waals surface area (Å²) in [6, 6.07) is 2.06. The quantitative estimate of drug-likeness (QED) is 0.749. The van der Waals surface area contributed by atoms with E-state index in [9.17, 15) is 5.11 Å². The normalized spacial score (nSPS) is 23.7. The summed E-state index contributed by atoms with van der Waals surface area (Å²) < 4.78 is 0. The van der Waals surface area contributed by atoms with Crippen LogP contribution in [0.1, 0.15) is 25.7 Å². The molecule has 0 amide bonds. The van der Waals surface area contributed by atoms with E-state index in [1.54, 1.807) is 0 Å². The molecule has 0 spiro atoms. The Balaban J connectivity index is 1.89. The molecule has 100 valence electrons. The predicted octanol–water partition coefficient (Wildman–Crippen LogP) is 2.33. The summed E-state index contributed by atoms with van der Waals surface area (Å²) in [5.74, 6) is 1.05. The van der Waals surface area contributed by atoms with Crippen molar-refractivity contribution in [3.63, 3.8) is 0 Å². The van der Waals surface area contributed by atoms with Gasteiger partial charge in [-0.15, -0.1) is 0 Å². The van der Waals surface area contributed by atoms with Crippen molar-refractivity contribution in [3.8, 4) is 0 Å². The van der Waals surface area contributed by atoms with Crippen LogP contribution in [0.4, 0.5) is 11.4 Å². The van der Waals surface area contributed by atoms with Crippen LogP contribution < -0.4 is 10.6 Å². The van der Waals surface area contributed by atoms with Crippen LogP contribution in [0.2, 0.25) is 0 Å². The first kappa shape index (κ1) is 13.1. The molecule has 0 saturated heterocycles. The molecule has 0 radical (unpaired) electrons. The van der Waals surface area contributed by atoms with Gasteiger partial charge >= 0.3 is 0 Å². The minimum atomic E-state index is 0.321. The highest BCUT2D eigenvalue weighted by molar-refractivity contribution is 5.53. The Morgan fingerprint density at radius 2 is 1.94 bits per heavy atom. The maximum atomic E-state index is 9.39. The number of hydrogen-bond donors (Lipinski definition) is 3. The Hall–Kier alpha value is -1.29. The van der Waals surface area contributed by atoms with Crippen molar-refractivity contribution in [2.75, 3.05) is 30.8 Å². The highest BCUT2D eigenvalue weighted by atomic mass is 16.3. The zero-order valence-electron chi connectivity index (χ0n) is 11.0. The first-order valence-electron chi connectivity index (χ1n) is 6.81. The molecule has 2 rings (SSSR count). The van der Waals surface area contributed by atoms with E-state index >= 15 is 0 Å². The molecule has 1 aliphatic carbocycles. The monoisotopic (exact) mass is 249 g/mol. The number of rotatable bonds is 5. The van der Waals surface area contributed by atoms with Gasteiger partial charge in [0.05, 0.1) is 23.8 Å². The van der Waals surface area contributed by atoms with Crippen LogP contribution in [0.5, 0.6) is 0 Å². The summed E-state index contributed by atoms with van der Waals surface area (Å²) in [6.45, 7) is 1.25. The van der Waals surface area contributed by atoms with Crippen molar-refractivity contribution in [2.45, 2.75) is 25.7 Å². The number of aliphatic hydroxyl groups excluding tert-OH is 1. The van der Waals surface area contributed by atoms with Crippen LogP contribution in [0, 0.1) is 11.8 Å². The van der Waals surface area contributed by atoms with Gasteiger partial charge in [-0.25, -0.2) is 0 Å². The van der Waals surface area contributed by atoms with Crippen molar-refractivity contribution in [3.05, 3.63) is 18.5 Å². The van der Waals surface area contributed by atoms with E-state index < -0.39 is 0 Å². The summed E-state index contributed by atoms with van der Waals surface area (Å²) in [5, 5.41) is 15.9. The lowest BCUT2D eigenvalue weighted by Crippen LogP contribution is -2.28. The van der Waals surface area contributed by atoms with Crippen LogP contribution in [-0.2, 0) is 0 Å². The maximum absolute atomic E-state index is 9.39. The molecule has 4 heteroatoms. The lowest BCUT2D eigenvalue weighted by atomic mass is 9.79. The van der Waals surface area contributed by atoms with E-state index in [-0.39, 0.29) is 0 Å². The first-order chi connectivity index (χ1) is 8.83. The average Bonchev–Trinajstić information content (AvgIpc) is 2.45. The Morgan fingerprint density at radius 3 is 2.67 bits per heavy atom. The Morgan fingerprint density at radius 1 is 1.22 bits per heavy atom. The largest absolute Gasteiger partial charge is 0.396 e. The van der Waals surface area contributed by atoms with E-state index in [0.29, 0.717) is 18.4 Å². The van der Waals surface area contributed by atoms with Gasteiger partial charge in [0.15, 0.2) is 0 Å². The molecule has 1 aromatic rings. The number of aromatic nitrogens is 1. The van der Waals surface area contributed by atoms with Crippen molar-refractivity contribution in [1.29, 1.82) is 0 Å². The molecule has 1 heterocycles. The summed E-state index contributed by atoms with van der Waals surface area (Å²) in [4.78, 5) is 4.18. The van der Waals surface area contributed by atoms with Gasteiger partial charge in [0, 0.05) is 20.2 Å². The lowest BCUT2D eigenvalue weighted by molar-refractivity contribution is 0.141. The third-order valence-corrected chi connectivity index (χ3v) is 3.90. The highest BCUT2D eigenvalue weighted by Crippen LogP contribution is 2.29.